The van der Waals surface area contributed by atoms with Gasteiger partial charge in [-0.05, 0) is 49.5 Å². The van der Waals surface area contributed by atoms with Gasteiger partial charge < -0.3 is 20.4 Å². The topological polar surface area (TPSA) is 74.9 Å². The van der Waals surface area contributed by atoms with Gasteiger partial charge in [0, 0.05) is 44.0 Å². The Morgan fingerprint density at radius 3 is 2.97 bits per heavy atom. The number of aromatic amines is 1. The van der Waals surface area contributed by atoms with E-state index in [1.807, 2.05) is 24.6 Å². The van der Waals surface area contributed by atoms with Crippen LogP contribution < -0.4 is 10.6 Å². The molecule has 1 unspecified atom stereocenters. The van der Waals surface area contributed by atoms with Gasteiger partial charge in [0.25, 0.3) is 0 Å². The Balaban J connectivity index is 1.33. The van der Waals surface area contributed by atoms with E-state index in [2.05, 4.69) is 71.0 Å². The predicted octanol–water partition coefficient (Wildman–Crippen LogP) is 5.21. The van der Waals surface area contributed by atoms with Crippen LogP contribution in [-0.4, -0.2) is 28.1 Å². The second-order valence-corrected chi connectivity index (χ2v) is 9.94. The van der Waals surface area contributed by atoms with Crippen LogP contribution in [0.4, 0.5) is 0 Å². The molecule has 7 heteroatoms. The number of ether oxygens (including phenoxy) is 1. The summed E-state index contributed by atoms with van der Waals surface area (Å²) in [4.78, 5) is 13.6. The van der Waals surface area contributed by atoms with Gasteiger partial charge in [-0.25, -0.2) is 9.97 Å². The molecule has 0 fully saturated rings. The lowest BCUT2D eigenvalue weighted by molar-refractivity contribution is 0.152. The molecule has 3 N–H and O–H groups in total. The van der Waals surface area contributed by atoms with Gasteiger partial charge in [0.2, 0.25) is 0 Å². The lowest BCUT2D eigenvalue weighted by Crippen LogP contribution is -2.19. The molecule has 0 saturated heterocycles. The van der Waals surface area contributed by atoms with Crippen molar-refractivity contribution < 1.29 is 4.74 Å². The fourth-order valence-corrected chi connectivity index (χ4v) is 5.80. The van der Waals surface area contributed by atoms with Crippen LogP contribution in [0, 0.1) is 0 Å². The van der Waals surface area contributed by atoms with Crippen LogP contribution >= 0.6 is 11.3 Å². The van der Waals surface area contributed by atoms with E-state index in [-0.39, 0.29) is 12.0 Å². The molecule has 2 atom stereocenters. The predicted molar refractivity (Wildman–Crippen MR) is 133 cm³/mol. The highest BCUT2D eigenvalue weighted by molar-refractivity contribution is 7.15. The Labute approximate surface area is 199 Å². The standard InChI is InChI=1S/C26H31N5OS/c1-16(2)32-23-10-7-17(13-22(23)27-3)26-31-14-24(33-26)20-6-4-5-19-18(20)8-9-21(19)30-15-25-28-11-12-29-25/h4-7,10-12,14,16-17,21,27,30H,8-9,13,15H2,1-3H3,(H,28,29)/t17?,21-/m0/s1. The summed E-state index contributed by atoms with van der Waals surface area (Å²) in [6, 6.07) is 7.05. The number of aromatic nitrogens is 3. The number of fused-ring (bicyclic) bond motifs is 1. The molecule has 3 aromatic rings. The number of rotatable bonds is 8. The summed E-state index contributed by atoms with van der Waals surface area (Å²) >= 11 is 1.81. The highest BCUT2D eigenvalue weighted by Gasteiger charge is 2.26. The van der Waals surface area contributed by atoms with Crippen LogP contribution in [0.2, 0.25) is 0 Å². The van der Waals surface area contributed by atoms with Crippen molar-refractivity contribution in [2.75, 3.05) is 7.05 Å². The van der Waals surface area contributed by atoms with E-state index in [9.17, 15) is 0 Å². The molecule has 2 aliphatic rings. The summed E-state index contributed by atoms with van der Waals surface area (Å²) in [6.45, 7) is 4.87. The molecule has 2 aliphatic carbocycles. The van der Waals surface area contributed by atoms with Crippen molar-refractivity contribution in [2.24, 2.45) is 0 Å². The number of thiazole rings is 1. The zero-order valence-corrected chi connectivity index (χ0v) is 20.2. The number of H-pyrrole nitrogens is 1. The van der Waals surface area contributed by atoms with Crippen molar-refractivity contribution in [3.05, 3.63) is 82.4 Å². The Kier molecular flexibility index (Phi) is 6.33. The maximum Gasteiger partial charge on any atom is 0.138 e. The molecule has 1 aromatic carbocycles. The van der Waals surface area contributed by atoms with Crippen molar-refractivity contribution in [3.63, 3.8) is 0 Å². The Hall–Kier alpha value is -2.90. The van der Waals surface area contributed by atoms with Crippen LogP contribution in [0.1, 0.15) is 60.6 Å². The van der Waals surface area contributed by atoms with Gasteiger partial charge in [0.15, 0.2) is 0 Å². The maximum absolute atomic E-state index is 5.96. The van der Waals surface area contributed by atoms with Gasteiger partial charge in [-0.3, -0.25) is 0 Å². The lowest BCUT2D eigenvalue weighted by atomic mass is 9.98. The maximum atomic E-state index is 5.96. The van der Waals surface area contributed by atoms with E-state index >= 15 is 0 Å². The van der Waals surface area contributed by atoms with E-state index < -0.39 is 0 Å². The van der Waals surface area contributed by atoms with Gasteiger partial charge >= 0.3 is 0 Å². The number of nitrogens with one attached hydrogen (secondary N) is 3. The zero-order valence-electron chi connectivity index (χ0n) is 19.4. The summed E-state index contributed by atoms with van der Waals surface area (Å²) in [6.07, 6.45) is 13.3. The minimum atomic E-state index is 0.161. The van der Waals surface area contributed by atoms with Gasteiger partial charge in [-0.15, -0.1) is 11.3 Å². The zero-order chi connectivity index (χ0) is 22.8. The van der Waals surface area contributed by atoms with Crippen molar-refractivity contribution in [2.45, 2.75) is 57.7 Å². The summed E-state index contributed by atoms with van der Waals surface area (Å²) in [5.74, 6) is 2.18. The first-order valence-corrected chi connectivity index (χ1v) is 12.5. The van der Waals surface area contributed by atoms with Crippen LogP contribution in [0.3, 0.4) is 0 Å². The van der Waals surface area contributed by atoms with E-state index in [1.165, 1.54) is 21.6 Å². The number of hydrogen-bond acceptors (Lipinski definition) is 6. The molecule has 0 saturated carbocycles. The Morgan fingerprint density at radius 2 is 2.18 bits per heavy atom. The third-order valence-corrected chi connectivity index (χ3v) is 7.48. The third kappa shape index (κ3) is 4.61. The quantitative estimate of drug-likeness (QED) is 0.429. The van der Waals surface area contributed by atoms with Gasteiger partial charge in [-0.1, -0.05) is 24.3 Å². The monoisotopic (exact) mass is 461 g/mol. The normalized spacial score (nSPS) is 19.9. The highest BCUT2D eigenvalue weighted by Crippen LogP contribution is 2.41. The number of imidazole rings is 1. The van der Waals surface area contributed by atoms with Crippen molar-refractivity contribution >= 4 is 11.3 Å². The van der Waals surface area contributed by atoms with Crippen molar-refractivity contribution in [1.29, 1.82) is 0 Å². The first-order valence-electron chi connectivity index (χ1n) is 11.7. The van der Waals surface area contributed by atoms with Gasteiger partial charge in [0.05, 0.1) is 23.2 Å². The highest BCUT2D eigenvalue weighted by atomic mass is 32.1. The summed E-state index contributed by atoms with van der Waals surface area (Å²) in [7, 11) is 1.96. The van der Waals surface area contributed by atoms with Crippen LogP contribution in [-0.2, 0) is 17.7 Å². The number of allylic oxidation sites excluding steroid dienone is 3. The molecule has 33 heavy (non-hydrogen) atoms. The number of benzene rings is 1. The molecular weight excluding hydrogens is 430 g/mol. The van der Waals surface area contributed by atoms with Crippen molar-refractivity contribution in [1.82, 2.24) is 25.6 Å². The molecule has 0 bridgehead atoms. The summed E-state index contributed by atoms with van der Waals surface area (Å²) in [5.41, 5.74) is 5.32. The van der Waals surface area contributed by atoms with Crippen LogP contribution in [0.15, 0.2) is 60.4 Å². The second-order valence-electron chi connectivity index (χ2n) is 8.87. The fraction of sp³-hybridized carbons (Fsp3) is 0.385. The number of nitrogens with zero attached hydrogens (tertiary/aromatic N) is 2. The van der Waals surface area contributed by atoms with E-state index in [4.69, 9.17) is 9.72 Å². The lowest BCUT2D eigenvalue weighted by Gasteiger charge is -2.22. The molecule has 5 rings (SSSR count). The first-order chi connectivity index (χ1) is 16.1. The van der Waals surface area contributed by atoms with E-state index in [1.54, 1.807) is 6.20 Å². The molecule has 0 radical (unpaired) electrons. The minimum absolute atomic E-state index is 0.161. The van der Waals surface area contributed by atoms with Crippen LogP contribution in [0.25, 0.3) is 10.4 Å². The fourth-order valence-electron chi connectivity index (χ4n) is 4.75. The average molecular weight is 462 g/mol. The summed E-state index contributed by atoms with van der Waals surface area (Å²) < 4.78 is 5.96. The Morgan fingerprint density at radius 1 is 1.27 bits per heavy atom. The molecular formula is C26H31N5OS. The minimum Gasteiger partial charge on any atom is -0.489 e. The van der Waals surface area contributed by atoms with E-state index in [0.717, 1.165) is 48.1 Å². The third-order valence-electron chi connectivity index (χ3n) is 6.31. The molecule has 2 heterocycles. The molecule has 6 nitrogen and oxygen atoms in total. The Bertz CT molecular complexity index is 1160. The molecule has 2 aromatic heterocycles. The van der Waals surface area contributed by atoms with Gasteiger partial charge in [-0.2, -0.15) is 0 Å². The first kappa shape index (κ1) is 21.9. The SMILES string of the molecule is CNC1=C(OC(C)C)C=CC(c2ncc(-c3cccc4c3CC[C@@H]4NCc3ncc[nH]3)s2)C1. The average Bonchev–Trinajstić information content (AvgIpc) is 3.58. The smallest absolute Gasteiger partial charge is 0.138 e. The van der Waals surface area contributed by atoms with Gasteiger partial charge in [0.1, 0.15) is 16.6 Å². The second kappa shape index (κ2) is 9.53. The van der Waals surface area contributed by atoms with Crippen LogP contribution in [0.5, 0.6) is 0 Å². The van der Waals surface area contributed by atoms with Crippen molar-refractivity contribution in [3.8, 4) is 10.4 Å². The molecule has 172 valence electrons. The molecule has 0 spiro atoms. The molecule has 0 aliphatic heterocycles. The largest absolute Gasteiger partial charge is 0.489 e. The van der Waals surface area contributed by atoms with E-state index in [0.29, 0.717) is 6.04 Å². The molecule has 0 amide bonds. The number of hydrogen-bond donors (Lipinski definition) is 3. The summed E-state index contributed by atoms with van der Waals surface area (Å²) in [5, 5.41) is 8.14.